The van der Waals surface area contributed by atoms with E-state index in [-0.39, 0.29) is 5.91 Å². The first kappa shape index (κ1) is 12.8. The highest BCUT2D eigenvalue weighted by molar-refractivity contribution is 6.31. The molecule has 4 nitrogen and oxygen atoms in total. The van der Waals surface area contributed by atoms with Gasteiger partial charge in [0.25, 0.3) is 0 Å². The van der Waals surface area contributed by atoms with Gasteiger partial charge in [-0.15, -0.1) is 0 Å². The highest BCUT2D eigenvalue weighted by atomic mass is 35.5. The third-order valence-corrected chi connectivity index (χ3v) is 2.48. The van der Waals surface area contributed by atoms with Crippen molar-refractivity contribution < 1.29 is 4.79 Å². The van der Waals surface area contributed by atoms with E-state index in [1.54, 1.807) is 18.2 Å². The van der Waals surface area contributed by atoms with Crippen molar-refractivity contribution in [1.29, 1.82) is 0 Å². The quantitative estimate of drug-likeness (QED) is 0.791. The van der Waals surface area contributed by atoms with Gasteiger partial charge in [-0.05, 0) is 31.8 Å². The number of hydrogen-bond donors (Lipinski definition) is 2. The molecule has 0 unspecified atom stereocenters. The first-order valence-electron chi connectivity index (χ1n) is 5.06. The first-order valence-corrected chi connectivity index (χ1v) is 5.44. The van der Waals surface area contributed by atoms with E-state index in [0.29, 0.717) is 22.9 Å². The number of nitrogens with two attached hydrogens (primary N) is 1. The van der Waals surface area contributed by atoms with E-state index in [1.807, 2.05) is 18.9 Å². The molecule has 0 heterocycles. The predicted molar refractivity (Wildman–Crippen MR) is 67.7 cm³/mol. The van der Waals surface area contributed by atoms with Gasteiger partial charge in [-0.2, -0.15) is 0 Å². The summed E-state index contributed by atoms with van der Waals surface area (Å²) in [5.74, 6) is -0.0848. The van der Waals surface area contributed by atoms with Crippen LogP contribution in [0.4, 0.5) is 11.4 Å². The zero-order valence-electron chi connectivity index (χ0n) is 9.46. The third-order valence-electron chi connectivity index (χ3n) is 2.24. The molecule has 1 aromatic rings. The van der Waals surface area contributed by atoms with Crippen molar-refractivity contribution in [3.8, 4) is 0 Å². The van der Waals surface area contributed by atoms with E-state index in [9.17, 15) is 4.79 Å². The molecule has 16 heavy (non-hydrogen) atoms. The molecule has 0 atom stereocenters. The molecular weight excluding hydrogens is 226 g/mol. The number of carbonyl (C=O) groups is 1. The number of carbonyl (C=O) groups excluding carboxylic acids is 1. The van der Waals surface area contributed by atoms with Crippen LogP contribution in [0.3, 0.4) is 0 Å². The van der Waals surface area contributed by atoms with E-state index in [4.69, 9.17) is 17.3 Å². The molecule has 1 amide bonds. The highest BCUT2D eigenvalue weighted by Crippen LogP contribution is 2.22. The fraction of sp³-hybridized carbons (Fsp3) is 0.364. The Labute approximate surface area is 100 Å². The standard InChI is InChI=1S/C11H16ClN3O/c1-3-15(2)7-11(16)14-10-5-4-8(12)6-9(10)13/h4-6H,3,7,13H2,1-2H3,(H,14,16). The lowest BCUT2D eigenvalue weighted by atomic mass is 10.2. The lowest BCUT2D eigenvalue weighted by Crippen LogP contribution is -2.30. The third kappa shape index (κ3) is 3.72. The van der Waals surface area contributed by atoms with Crippen molar-refractivity contribution in [2.24, 2.45) is 0 Å². The minimum Gasteiger partial charge on any atom is -0.397 e. The average molecular weight is 242 g/mol. The van der Waals surface area contributed by atoms with Gasteiger partial charge in [0.05, 0.1) is 17.9 Å². The maximum Gasteiger partial charge on any atom is 0.238 e. The molecule has 0 bridgehead atoms. The van der Waals surface area contributed by atoms with Crippen molar-refractivity contribution in [3.05, 3.63) is 23.2 Å². The van der Waals surface area contributed by atoms with Crippen LogP contribution in [0.2, 0.25) is 5.02 Å². The number of nitrogens with zero attached hydrogens (tertiary/aromatic N) is 1. The number of nitrogen functional groups attached to an aromatic ring is 1. The highest BCUT2D eigenvalue weighted by Gasteiger charge is 2.07. The summed E-state index contributed by atoms with van der Waals surface area (Å²) in [6.45, 7) is 3.16. The van der Waals surface area contributed by atoms with Gasteiger partial charge in [0.15, 0.2) is 0 Å². The maximum atomic E-state index is 11.6. The fourth-order valence-corrected chi connectivity index (χ4v) is 1.37. The molecular formula is C11H16ClN3O. The van der Waals surface area contributed by atoms with Crippen LogP contribution in [-0.2, 0) is 4.79 Å². The molecule has 0 radical (unpaired) electrons. The summed E-state index contributed by atoms with van der Waals surface area (Å²) in [5.41, 5.74) is 6.79. The minimum atomic E-state index is -0.0848. The number of hydrogen-bond acceptors (Lipinski definition) is 3. The Hall–Kier alpha value is -1.26. The molecule has 1 rings (SSSR count). The molecule has 0 aliphatic carbocycles. The van der Waals surface area contributed by atoms with Crippen LogP contribution < -0.4 is 11.1 Å². The molecule has 0 saturated carbocycles. The second-order valence-corrected chi connectivity index (χ2v) is 4.05. The summed E-state index contributed by atoms with van der Waals surface area (Å²) in [6, 6.07) is 5.00. The Kier molecular flexibility index (Phi) is 4.58. The number of halogens is 1. The fourth-order valence-electron chi connectivity index (χ4n) is 1.19. The molecule has 1 aromatic carbocycles. The van der Waals surface area contributed by atoms with Crippen molar-refractivity contribution in [3.63, 3.8) is 0 Å². The molecule has 0 aromatic heterocycles. The van der Waals surface area contributed by atoms with E-state index in [0.717, 1.165) is 6.54 Å². The molecule has 0 aliphatic rings. The number of benzene rings is 1. The first-order chi connectivity index (χ1) is 7.52. The largest absolute Gasteiger partial charge is 0.397 e. The SMILES string of the molecule is CCN(C)CC(=O)Nc1ccc(Cl)cc1N. The van der Waals surface area contributed by atoms with Crippen LogP contribution in [0.5, 0.6) is 0 Å². The van der Waals surface area contributed by atoms with Crippen molar-refractivity contribution >= 4 is 28.9 Å². The molecule has 88 valence electrons. The van der Waals surface area contributed by atoms with Crippen LogP contribution >= 0.6 is 11.6 Å². The van der Waals surface area contributed by atoms with Gasteiger partial charge >= 0.3 is 0 Å². The number of rotatable bonds is 4. The monoisotopic (exact) mass is 241 g/mol. The molecule has 0 fully saturated rings. The average Bonchev–Trinajstić information content (AvgIpc) is 2.22. The Morgan fingerprint density at radius 2 is 2.25 bits per heavy atom. The Morgan fingerprint density at radius 1 is 1.56 bits per heavy atom. The van der Waals surface area contributed by atoms with Gasteiger partial charge in [-0.25, -0.2) is 0 Å². The zero-order chi connectivity index (χ0) is 12.1. The van der Waals surface area contributed by atoms with Gasteiger partial charge < -0.3 is 11.1 Å². The van der Waals surface area contributed by atoms with Crippen molar-refractivity contribution in [2.45, 2.75) is 6.92 Å². The smallest absolute Gasteiger partial charge is 0.238 e. The van der Waals surface area contributed by atoms with E-state index >= 15 is 0 Å². The normalized spacial score (nSPS) is 10.5. The van der Waals surface area contributed by atoms with Gasteiger partial charge in [-0.1, -0.05) is 18.5 Å². The number of amides is 1. The van der Waals surface area contributed by atoms with Gasteiger partial charge in [0.1, 0.15) is 0 Å². The summed E-state index contributed by atoms with van der Waals surface area (Å²) >= 11 is 5.76. The molecule has 3 N–H and O–H groups in total. The molecule has 0 saturated heterocycles. The summed E-state index contributed by atoms with van der Waals surface area (Å²) in [6.07, 6.45) is 0. The number of anilines is 2. The summed E-state index contributed by atoms with van der Waals surface area (Å²) < 4.78 is 0. The molecule has 5 heteroatoms. The maximum absolute atomic E-state index is 11.6. The van der Waals surface area contributed by atoms with Crippen LogP contribution in [0.15, 0.2) is 18.2 Å². The summed E-state index contributed by atoms with van der Waals surface area (Å²) in [4.78, 5) is 13.5. The number of nitrogens with one attached hydrogen (secondary N) is 1. The van der Waals surface area contributed by atoms with E-state index in [2.05, 4.69) is 5.32 Å². The summed E-state index contributed by atoms with van der Waals surface area (Å²) in [7, 11) is 1.88. The minimum absolute atomic E-state index is 0.0848. The lowest BCUT2D eigenvalue weighted by molar-refractivity contribution is -0.117. The Morgan fingerprint density at radius 3 is 2.81 bits per heavy atom. The molecule has 0 aliphatic heterocycles. The molecule has 0 spiro atoms. The van der Waals surface area contributed by atoms with Gasteiger partial charge in [-0.3, -0.25) is 9.69 Å². The van der Waals surface area contributed by atoms with Crippen molar-refractivity contribution in [2.75, 3.05) is 31.2 Å². The van der Waals surface area contributed by atoms with Crippen LogP contribution in [-0.4, -0.2) is 30.9 Å². The summed E-state index contributed by atoms with van der Waals surface area (Å²) in [5, 5.41) is 3.30. The topological polar surface area (TPSA) is 58.4 Å². The van der Waals surface area contributed by atoms with Crippen LogP contribution in [0, 0.1) is 0 Å². The number of likely N-dealkylation sites (N-methyl/N-ethyl adjacent to an activating group) is 1. The van der Waals surface area contributed by atoms with Crippen LogP contribution in [0.25, 0.3) is 0 Å². The second-order valence-electron chi connectivity index (χ2n) is 3.61. The van der Waals surface area contributed by atoms with E-state index in [1.165, 1.54) is 0 Å². The van der Waals surface area contributed by atoms with Crippen LogP contribution in [0.1, 0.15) is 6.92 Å². The zero-order valence-corrected chi connectivity index (χ0v) is 10.2. The Balaban J connectivity index is 2.63. The van der Waals surface area contributed by atoms with Gasteiger partial charge in [0.2, 0.25) is 5.91 Å². The van der Waals surface area contributed by atoms with Crippen molar-refractivity contribution in [1.82, 2.24) is 4.90 Å². The Bertz CT molecular complexity index is 381. The van der Waals surface area contributed by atoms with Gasteiger partial charge in [0, 0.05) is 5.02 Å². The second kappa shape index (κ2) is 5.72. The lowest BCUT2D eigenvalue weighted by Gasteiger charge is -2.14. The predicted octanol–water partition coefficient (Wildman–Crippen LogP) is 1.81. The van der Waals surface area contributed by atoms with E-state index < -0.39 is 0 Å².